The number of Topliss-reactive ketones (excluding diaryl/α,β-unsaturated/α-hetero) is 1. The van der Waals surface area contributed by atoms with Gasteiger partial charge in [0, 0.05) is 17.3 Å². The number of ketones is 1. The molecule has 0 aromatic carbocycles. The van der Waals surface area contributed by atoms with Crippen LogP contribution in [0.1, 0.15) is 46.5 Å². The van der Waals surface area contributed by atoms with Gasteiger partial charge in [0.15, 0.2) is 0 Å². The Labute approximate surface area is 138 Å². The van der Waals surface area contributed by atoms with Gasteiger partial charge in [-0.15, -0.1) is 0 Å². The minimum absolute atomic E-state index is 0.00339. The summed E-state index contributed by atoms with van der Waals surface area (Å²) in [5, 5.41) is 3.54. The summed E-state index contributed by atoms with van der Waals surface area (Å²) in [4.78, 5) is 12.4. The van der Waals surface area contributed by atoms with E-state index in [2.05, 4.69) is 43.3 Å². The number of carbonyl (C=O) groups is 1. The molecule has 0 aromatic heterocycles. The van der Waals surface area contributed by atoms with Gasteiger partial charge >= 0.3 is 0 Å². The Morgan fingerprint density at radius 3 is 2.70 bits per heavy atom. The first kappa shape index (κ1) is 15.0. The molecule has 0 spiro atoms. The summed E-state index contributed by atoms with van der Waals surface area (Å²) < 4.78 is 0. The highest BCUT2D eigenvalue weighted by Crippen LogP contribution is 2.62. The molecule has 4 aliphatic carbocycles. The van der Waals surface area contributed by atoms with Gasteiger partial charge in [-0.25, -0.2) is 0 Å². The molecular weight excluding hydrogens is 284 g/mol. The third kappa shape index (κ3) is 1.85. The zero-order valence-corrected chi connectivity index (χ0v) is 14.2. The van der Waals surface area contributed by atoms with Crippen LogP contribution in [0.2, 0.25) is 0 Å². The fourth-order valence-corrected chi connectivity index (χ4v) is 5.73. The third-order valence-corrected chi connectivity index (χ3v) is 7.36. The molecule has 3 nitrogen and oxygen atoms in total. The molecule has 0 bridgehead atoms. The molecular formula is C20H25N2O. The molecule has 1 radical (unpaired) electrons. The van der Waals surface area contributed by atoms with Crippen LogP contribution in [0.4, 0.5) is 0 Å². The maximum Gasteiger partial charge on any atom is 0.139 e. The van der Waals surface area contributed by atoms with Gasteiger partial charge in [0.2, 0.25) is 0 Å². The Morgan fingerprint density at radius 1 is 1.17 bits per heavy atom. The van der Waals surface area contributed by atoms with Crippen LogP contribution in [0.3, 0.4) is 0 Å². The molecule has 0 aromatic rings. The summed E-state index contributed by atoms with van der Waals surface area (Å²) >= 11 is 0. The Bertz CT molecular complexity index is 675. The number of allylic oxidation sites excluding steroid dienone is 4. The molecule has 0 heterocycles. The number of fused-ring (bicyclic) bond motifs is 5. The molecule has 2 saturated carbocycles. The predicted molar refractivity (Wildman–Crippen MR) is 89.5 cm³/mol. The van der Waals surface area contributed by atoms with Crippen molar-refractivity contribution in [2.45, 2.75) is 52.0 Å². The predicted octanol–water partition coefficient (Wildman–Crippen LogP) is 4.08. The summed E-state index contributed by atoms with van der Waals surface area (Å²) in [5.74, 6) is 2.00. The van der Waals surface area contributed by atoms with Gasteiger partial charge < -0.3 is 0 Å². The summed E-state index contributed by atoms with van der Waals surface area (Å²) in [5.41, 5.74) is 9.85. The fraction of sp³-hybridized carbons (Fsp3) is 0.650. The number of hydrogen-bond acceptors (Lipinski definition) is 2. The largest absolute Gasteiger partial charge is 0.299 e. The highest BCUT2D eigenvalue weighted by Gasteiger charge is 2.57. The van der Waals surface area contributed by atoms with Gasteiger partial charge in [0.05, 0.1) is 0 Å². The van der Waals surface area contributed by atoms with Crippen molar-refractivity contribution in [3.8, 4) is 0 Å². The Kier molecular flexibility index (Phi) is 2.96. The van der Waals surface area contributed by atoms with Gasteiger partial charge in [-0.05, 0) is 61.1 Å². The van der Waals surface area contributed by atoms with Crippen LogP contribution in [0.25, 0.3) is 0 Å². The molecule has 4 rings (SSSR count). The number of rotatable bonds is 1. The molecule has 4 unspecified atom stereocenters. The van der Waals surface area contributed by atoms with Gasteiger partial charge in [-0.2, -0.15) is 5.11 Å². The van der Waals surface area contributed by atoms with E-state index in [-0.39, 0.29) is 10.8 Å². The highest BCUT2D eigenvalue weighted by atomic mass is 16.1. The van der Waals surface area contributed by atoms with Crippen LogP contribution in [0.15, 0.2) is 41.1 Å². The third-order valence-electron chi connectivity index (χ3n) is 7.36. The number of nitrogens with zero attached hydrogens (tertiary/aromatic N) is 2. The fourth-order valence-electron chi connectivity index (χ4n) is 5.73. The van der Waals surface area contributed by atoms with Crippen LogP contribution < -0.4 is 5.53 Å². The highest BCUT2D eigenvalue weighted by molar-refractivity contribution is 5.87. The molecule has 0 saturated heterocycles. The second kappa shape index (κ2) is 4.52. The van der Waals surface area contributed by atoms with Crippen molar-refractivity contribution >= 4 is 5.78 Å². The van der Waals surface area contributed by atoms with Gasteiger partial charge in [0.25, 0.3) is 0 Å². The summed E-state index contributed by atoms with van der Waals surface area (Å²) in [6, 6.07) is 0. The average Bonchev–Trinajstić information content (AvgIpc) is 2.84. The molecule has 121 valence electrons. The lowest BCUT2D eigenvalue weighted by molar-refractivity contribution is -0.130. The van der Waals surface area contributed by atoms with Crippen molar-refractivity contribution in [1.82, 2.24) is 5.53 Å². The first-order chi connectivity index (χ1) is 10.8. The van der Waals surface area contributed by atoms with Crippen LogP contribution >= 0.6 is 0 Å². The van der Waals surface area contributed by atoms with Crippen LogP contribution in [0, 0.1) is 28.6 Å². The Morgan fingerprint density at radius 2 is 1.96 bits per heavy atom. The van der Waals surface area contributed by atoms with Crippen molar-refractivity contribution in [2.75, 3.05) is 0 Å². The number of hydrogen-bond donors (Lipinski definition) is 0. The standard InChI is InChI=1S/C20H25N2O/c1-18(22-21)10-11-19(2)13(12-18)4-5-14-15-6-7-17(23)20(15,3)9-8-16(14)19/h4-5,10-12,14-16H,6-9H2,1-3H3/t14?,15?,16?,18?,19-,20-/m0/s1. The monoisotopic (exact) mass is 309 g/mol. The van der Waals surface area contributed by atoms with Gasteiger partial charge in [-0.3, -0.25) is 4.79 Å². The molecule has 2 fully saturated rings. The van der Waals surface area contributed by atoms with Crippen LogP contribution in [0.5, 0.6) is 0 Å². The summed E-state index contributed by atoms with van der Waals surface area (Å²) in [6.45, 7) is 6.43. The van der Waals surface area contributed by atoms with E-state index in [1.54, 1.807) is 0 Å². The molecule has 0 aliphatic heterocycles. The van der Waals surface area contributed by atoms with Crippen LogP contribution in [-0.4, -0.2) is 11.3 Å². The molecule has 0 amide bonds. The average molecular weight is 309 g/mol. The maximum absolute atomic E-state index is 12.4. The lowest BCUT2D eigenvalue weighted by Gasteiger charge is -2.53. The second-order valence-corrected chi connectivity index (χ2v) is 8.61. The van der Waals surface area contributed by atoms with E-state index in [1.165, 1.54) is 5.57 Å². The van der Waals surface area contributed by atoms with Crippen molar-refractivity contribution in [2.24, 2.45) is 33.7 Å². The van der Waals surface area contributed by atoms with E-state index in [9.17, 15) is 10.3 Å². The minimum atomic E-state index is -0.613. The van der Waals surface area contributed by atoms with E-state index in [1.807, 2.05) is 13.0 Å². The van der Waals surface area contributed by atoms with Gasteiger partial charge in [0.1, 0.15) is 11.3 Å². The SMILES string of the molecule is CC1(N=[N])C=C[C@@]2(C)C(=C1)C=CC1C2CC[C@]2(C)C(=O)CCC12. The maximum atomic E-state index is 12.4. The Balaban J connectivity index is 1.77. The normalized spacial score (nSPS) is 50.8. The van der Waals surface area contributed by atoms with E-state index in [4.69, 9.17) is 0 Å². The number of carbonyl (C=O) groups excluding carboxylic acids is 1. The molecule has 6 atom stereocenters. The summed E-state index contributed by atoms with van der Waals surface area (Å²) in [7, 11) is 0. The minimum Gasteiger partial charge on any atom is -0.299 e. The quantitative estimate of drug-likeness (QED) is 0.532. The van der Waals surface area contributed by atoms with Gasteiger partial charge in [-0.1, -0.05) is 38.2 Å². The summed E-state index contributed by atoms with van der Waals surface area (Å²) in [6.07, 6.45) is 14.9. The van der Waals surface area contributed by atoms with Crippen LogP contribution in [-0.2, 0) is 4.79 Å². The molecule has 4 aliphatic rings. The first-order valence-corrected chi connectivity index (χ1v) is 8.84. The molecule has 0 N–H and O–H groups in total. The Hall–Kier alpha value is -1.51. The molecule has 3 heteroatoms. The van der Waals surface area contributed by atoms with Crippen molar-refractivity contribution < 1.29 is 4.79 Å². The first-order valence-electron chi connectivity index (χ1n) is 8.84. The van der Waals surface area contributed by atoms with E-state index < -0.39 is 5.54 Å². The lowest BCUT2D eigenvalue weighted by atomic mass is 9.50. The van der Waals surface area contributed by atoms with E-state index in [0.717, 1.165) is 25.7 Å². The zero-order chi connectivity index (χ0) is 16.5. The molecule has 23 heavy (non-hydrogen) atoms. The van der Waals surface area contributed by atoms with Crippen molar-refractivity contribution in [3.05, 3.63) is 36.0 Å². The van der Waals surface area contributed by atoms with E-state index >= 15 is 0 Å². The smallest absolute Gasteiger partial charge is 0.139 e. The van der Waals surface area contributed by atoms with Crippen molar-refractivity contribution in [3.63, 3.8) is 0 Å². The second-order valence-electron chi connectivity index (χ2n) is 8.61. The topological polar surface area (TPSA) is 51.7 Å². The van der Waals surface area contributed by atoms with E-state index in [0.29, 0.717) is 23.5 Å². The zero-order valence-electron chi connectivity index (χ0n) is 14.2. The lowest BCUT2D eigenvalue weighted by Crippen LogP contribution is -2.48. The van der Waals surface area contributed by atoms with Crippen molar-refractivity contribution in [1.29, 1.82) is 0 Å².